The molecule has 0 radical (unpaired) electrons. The second kappa shape index (κ2) is 11.5. The standard InChI is InChI=1S/C21H23FN2O6/c22-16-8-4-7-15(9-16)10-18(20(27)28)24-19(26)11-17(25)12-23-21(29)30-13-14-5-2-1-3-6-14/h1-9,17-18,25H,10-13H2,(H,23,29)(H,24,26)(H,27,28)/t17-,18+/m0/s1. The Hall–Kier alpha value is -3.46. The minimum atomic E-state index is -1.29. The zero-order valence-electron chi connectivity index (χ0n) is 16.1. The number of hydrogen-bond acceptors (Lipinski definition) is 5. The molecule has 0 unspecified atom stereocenters. The van der Waals surface area contributed by atoms with Crippen LogP contribution >= 0.6 is 0 Å². The summed E-state index contributed by atoms with van der Waals surface area (Å²) in [4.78, 5) is 35.0. The van der Waals surface area contributed by atoms with Crippen LogP contribution in [0.4, 0.5) is 9.18 Å². The lowest BCUT2D eigenvalue weighted by Crippen LogP contribution is -2.44. The molecule has 0 saturated carbocycles. The third-order valence-electron chi connectivity index (χ3n) is 4.08. The Labute approximate surface area is 172 Å². The van der Waals surface area contributed by atoms with Crippen LogP contribution in [0.15, 0.2) is 54.6 Å². The Morgan fingerprint density at radius 1 is 1.03 bits per heavy atom. The highest BCUT2D eigenvalue weighted by Crippen LogP contribution is 2.07. The van der Waals surface area contributed by atoms with Gasteiger partial charge in [-0.15, -0.1) is 0 Å². The smallest absolute Gasteiger partial charge is 0.407 e. The average Bonchev–Trinajstić information content (AvgIpc) is 2.71. The molecule has 9 heteroatoms. The van der Waals surface area contributed by atoms with Crippen LogP contribution < -0.4 is 10.6 Å². The number of carboxylic acids is 1. The van der Waals surface area contributed by atoms with Crippen molar-refractivity contribution < 1.29 is 33.7 Å². The van der Waals surface area contributed by atoms with Gasteiger partial charge in [0.1, 0.15) is 18.5 Å². The van der Waals surface area contributed by atoms with Crippen molar-refractivity contribution in [2.24, 2.45) is 0 Å². The molecule has 4 N–H and O–H groups in total. The summed E-state index contributed by atoms with van der Waals surface area (Å²) in [6, 6.07) is 13.1. The summed E-state index contributed by atoms with van der Waals surface area (Å²) in [5.41, 5.74) is 1.21. The summed E-state index contributed by atoms with van der Waals surface area (Å²) in [7, 11) is 0. The van der Waals surface area contributed by atoms with Crippen molar-refractivity contribution in [3.63, 3.8) is 0 Å². The van der Waals surface area contributed by atoms with E-state index in [1.165, 1.54) is 18.2 Å². The number of hydrogen-bond donors (Lipinski definition) is 4. The summed E-state index contributed by atoms with van der Waals surface area (Å²) in [5, 5.41) is 23.8. The van der Waals surface area contributed by atoms with Gasteiger partial charge in [-0.2, -0.15) is 0 Å². The van der Waals surface area contributed by atoms with E-state index in [9.17, 15) is 29.0 Å². The second-order valence-corrected chi connectivity index (χ2v) is 6.59. The van der Waals surface area contributed by atoms with Crippen LogP contribution in [-0.2, 0) is 27.4 Å². The Morgan fingerprint density at radius 2 is 1.73 bits per heavy atom. The number of aliphatic hydroxyl groups excluding tert-OH is 1. The number of nitrogens with one attached hydrogen (secondary N) is 2. The number of amides is 2. The number of alkyl carbamates (subject to hydrolysis) is 1. The van der Waals surface area contributed by atoms with E-state index >= 15 is 0 Å². The zero-order chi connectivity index (χ0) is 21.9. The fraction of sp³-hybridized carbons (Fsp3) is 0.286. The monoisotopic (exact) mass is 418 g/mol. The molecule has 0 bridgehead atoms. The quantitative estimate of drug-likeness (QED) is 0.465. The SMILES string of the molecule is O=C(C[C@H](O)CNC(=O)OCc1ccccc1)N[C@H](Cc1cccc(F)c1)C(=O)O. The second-order valence-electron chi connectivity index (χ2n) is 6.59. The number of carboxylic acid groups (broad SMARTS) is 1. The highest BCUT2D eigenvalue weighted by molar-refractivity contribution is 5.84. The van der Waals surface area contributed by atoms with E-state index in [2.05, 4.69) is 10.6 Å². The maximum Gasteiger partial charge on any atom is 0.407 e. The molecule has 0 aliphatic heterocycles. The van der Waals surface area contributed by atoms with E-state index in [0.29, 0.717) is 5.56 Å². The maximum absolute atomic E-state index is 13.2. The minimum Gasteiger partial charge on any atom is -0.480 e. The predicted molar refractivity (Wildman–Crippen MR) is 105 cm³/mol. The molecule has 2 aromatic carbocycles. The molecule has 2 amide bonds. The van der Waals surface area contributed by atoms with E-state index in [-0.39, 0.29) is 19.6 Å². The summed E-state index contributed by atoms with van der Waals surface area (Å²) < 4.78 is 18.2. The molecule has 2 atom stereocenters. The van der Waals surface area contributed by atoms with Crippen LogP contribution in [0.3, 0.4) is 0 Å². The molecule has 0 aromatic heterocycles. The fourth-order valence-corrected chi connectivity index (χ4v) is 2.61. The molecule has 0 heterocycles. The van der Waals surface area contributed by atoms with Gasteiger partial charge < -0.3 is 25.6 Å². The lowest BCUT2D eigenvalue weighted by molar-refractivity contribution is -0.142. The first kappa shape index (κ1) is 22.8. The maximum atomic E-state index is 13.2. The molecule has 8 nitrogen and oxygen atoms in total. The Morgan fingerprint density at radius 3 is 2.40 bits per heavy atom. The zero-order valence-corrected chi connectivity index (χ0v) is 16.1. The van der Waals surface area contributed by atoms with Crippen LogP contribution in [0.25, 0.3) is 0 Å². The molecule has 2 aromatic rings. The molecule has 0 fully saturated rings. The van der Waals surface area contributed by atoms with E-state index in [4.69, 9.17) is 4.74 Å². The first-order valence-electron chi connectivity index (χ1n) is 9.22. The molecular weight excluding hydrogens is 395 g/mol. The summed E-state index contributed by atoms with van der Waals surface area (Å²) in [6.45, 7) is -0.188. The van der Waals surface area contributed by atoms with Crippen molar-refractivity contribution in [3.05, 3.63) is 71.5 Å². The summed E-state index contributed by atoms with van der Waals surface area (Å²) in [6.07, 6.45) is -2.53. The number of benzene rings is 2. The van der Waals surface area contributed by atoms with Gasteiger partial charge in [0.05, 0.1) is 12.5 Å². The molecular formula is C21H23FN2O6. The number of carbonyl (C=O) groups excluding carboxylic acids is 2. The lowest BCUT2D eigenvalue weighted by Gasteiger charge is -2.17. The number of aliphatic carboxylic acids is 1. The molecule has 0 spiro atoms. The van der Waals surface area contributed by atoms with Crippen molar-refractivity contribution in [2.75, 3.05) is 6.54 Å². The normalized spacial score (nSPS) is 12.5. The number of halogens is 1. The van der Waals surface area contributed by atoms with Crippen LogP contribution in [0.5, 0.6) is 0 Å². The number of ether oxygens (including phenoxy) is 1. The molecule has 30 heavy (non-hydrogen) atoms. The van der Waals surface area contributed by atoms with Crippen LogP contribution in [0.2, 0.25) is 0 Å². The van der Waals surface area contributed by atoms with Crippen LogP contribution in [0, 0.1) is 5.82 Å². The minimum absolute atomic E-state index is 0.0592. The largest absolute Gasteiger partial charge is 0.480 e. The van der Waals surface area contributed by atoms with Gasteiger partial charge in [0.25, 0.3) is 0 Å². The van der Waals surface area contributed by atoms with Crippen molar-refractivity contribution in [2.45, 2.75) is 31.6 Å². The van der Waals surface area contributed by atoms with Crippen molar-refractivity contribution in [1.29, 1.82) is 0 Å². The van der Waals surface area contributed by atoms with E-state index < -0.39 is 42.4 Å². The van der Waals surface area contributed by atoms with Gasteiger partial charge in [-0.25, -0.2) is 14.0 Å². The Bertz CT molecular complexity index is 862. The molecule has 0 aliphatic carbocycles. The van der Waals surface area contributed by atoms with Gasteiger partial charge in [0.15, 0.2) is 0 Å². The van der Waals surface area contributed by atoms with Gasteiger partial charge in [0.2, 0.25) is 5.91 Å². The van der Waals surface area contributed by atoms with Crippen LogP contribution in [-0.4, -0.2) is 46.9 Å². The van der Waals surface area contributed by atoms with E-state index in [0.717, 1.165) is 5.56 Å². The molecule has 2 rings (SSSR count). The number of aliphatic hydroxyl groups is 1. The third kappa shape index (κ3) is 8.27. The summed E-state index contributed by atoms with van der Waals surface area (Å²) >= 11 is 0. The average molecular weight is 418 g/mol. The number of rotatable bonds is 10. The highest BCUT2D eigenvalue weighted by atomic mass is 19.1. The van der Waals surface area contributed by atoms with Crippen LogP contribution in [0.1, 0.15) is 17.5 Å². The molecule has 0 aliphatic rings. The predicted octanol–water partition coefficient (Wildman–Crippen LogP) is 1.61. The van der Waals surface area contributed by atoms with Crippen molar-refractivity contribution in [1.82, 2.24) is 10.6 Å². The molecule has 160 valence electrons. The van der Waals surface area contributed by atoms with Gasteiger partial charge in [-0.1, -0.05) is 42.5 Å². The van der Waals surface area contributed by atoms with Gasteiger partial charge in [0, 0.05) is 13.0 Å². The van der Waals surface area contributed by atoms with Gasteiger partial charge >= 0.3 is 12.1 Å². The van der Waals surface area contributed by atoms with Gasteiger partial charge in [-0.05, 0) is 23.3 Å². The first-order chi connectivity index (χ1) is 14.3. The first-order valence-corrected chi connectivity index (χ1v) is 9.22. The Balaban J connectivity index is 1.73. The van der Waals surface area contributed by atoms with E-state index in [1.54, 1.807) is 30.3 Å². The highest BCUT2D eigenvalue weighted by Gasteiger charge is 2.22. The fourth-order valence-electron chi connectivity index (χ4n) is 2.61. The number of carbonyl (C=O) groups is 3. The van der Waals surface area contributed by atoms with Crippen molar-refractivity contribution >= 4 is 18.0 Å². The van der Waals surface area contributed by atoms with Crippen molar-refractivity contribution in [3.8, 4) is 0 Å². The molecule has 0 saturated heterocycles. The Kier molecular flexibility index (Phi) is 8.76. The van der Waals surface area contributed by atoms with E-state index in [1.807, 2.05) is 6.07 Å². The third-order valence-corrected chi connectivity index (χ3v) is 4.08. The lowest BCUT2D eigenvalue weighted by atomic mass is 10.1. The van der Waals surface area contributed by atoms with Gasteiger partial charge in [-0.3, -0.25) is 4.79 Å². The summed E-state index contributed by atoms with van der Waals surface area (Å²) in [5.74, 6) is -2.51. The topological polar surface area (TPSA) is 125 Å².